The highest BCUT2D eigenvalue weighted by Crippen LogP contribution is 2.07. The fourth-order valence-corrected chi connectivity index (χ4v) is 1.71. The molecular weight excluding hydrogens is 268 g/mol. The first-order chi connectivity index (χ1) is 10.0. The predicted molar refractivity (Wildman–Crippen MR) is 80.0 cm³/mol. The largest absolute Gasteiger partial charge is 0.478 e. The van der Waals surface area contributed by atoms with Crippen molar-refractivity contribution in [1.29, 1.82) is 0 Å². The van der Waals surface area contributed by atoms with Gasteiger partial charge in [-0.05, 0) is 30.7 Å². The van der Waals surface area contributed by atoms with Gasteiger partial charge in [-0.3, -0.25) is 4.79 Å². The topological polar surface area (TPSA) is 79.3 Å². The van der Waals surface area contributed by atoms with Crippen LogP contribution in [0.2, 0.25) is 0 Å². The van der Waals surface area contributed by atoms with E-state index < -0.39 is 5.97 Å². The molecular formula is C16H14N2O3. The zero-order chi connectivity index (χ0) is 15.2. The van der Waals surface area contributed by atoms with Gasteiger partial charge in [0.15, 0.2) is 0 Å². The van der Waals surface area contributed by atoms with Gasteiger partial charge in [-0.25, -0.2) is 9.78 Å². The van der Waals surface area contributed by atoms with Gasteiger partial charge in [0.2, 0.25) is 5.91 Å². The average molecular weight is 282 g/mol. The van der Waals surface area contributed by atoms with E-state index in [2.05, 4.69) is 10.3 Å². The Hall–Kier alpha value is -2.95. The highest BCUT2D eigenvalue weighted by molar-refractivity contribution is 6.01. The lowest BCUT2D eigenvalue weighted by atomic mass is 10.1. The third-order valence-corrected chi connectivity index (χ3v) is 2.73. The van der Waals surface area contributed by atoms with Crippen molar-refractivity contribution in [1.82, 2.24) is 4.98 Å². The Balaban J connectivity index is 1.99. The monoisotopic (exact) mass is 282 g/mol. The molecule has 2 N–H and O–H groups in total. The first-order valence-corrected chi connectivity index (χ1v) is 6.30. The summed E-state index contributed by atoms with van der Waals surface area (Å²) in [6.07, 6.45) is 4.30. The number of rotatable bonds is 4. The van der Waals surface area contributed by atoms with Gasteiger partial charge in [-0.1, -0.05) is 29.8 Å². The number of benzene rings is 1. The lowest BCUT2D eigenvalue weighted by Crippen LogP contribution is -2.09. The molecule has 1 amide bonds. The van der Waals surface area contributed by atoms with Crippen LogP contribution in [0, 0.1) is 6.92 Å². The number of carbonyl (C=O) groups excluding carboxylic acids is 1. The maximum absolute atomic E-state index is 11.7. The number of aromatic carboxylic acids is 1. The van der Waals surface area contributed by atoms with Gasteiger partial charge >= 0.3 is 5.97 Å². The number of nitrogens with one attached hydrogen (secondary N) is 1. The molecule has 0 atom stereocenters. The Morgan fingerprint density at radius 1 is 1.24 bits per heavy atom. The molecule has 106 valence electrons. The van der Waals surface area contributed by atoms with E-state index in [1.807, 2.05) is 31.2 Å². The molecule has 0 aliphatic heterocycles. The molecule has 0 aliphatic rings. The van der Waals surface area contributed by atoms with E-state index in [0.717, 1.165) is 11.1 Å². The third kappa shape index (κ3) is 4.28. The van der Waals surface area contributed by atoms with Gasteiger partial charge in [0, 0.05) is 12.3 Å². The number of pyridine rings is 1. The Morgan fingerprint density at radius 2 is 2.05 bits per heavy atom. The molecule has 5 nitrogen and oxygen atoms in total. The van der Waals surface area contributed by atoms with Gasteiger partial charge in [0.25, 0.3) is 0 Å². The zero-order valence-electron chi connectivity index (χ0n) is 11.4. The molecule has 0 bridgehead atoms. The molecule has 1 aromatic heterocycles. The minimum atomic E-state index is -1.06. The van der Waals surface area contributed by atoms with Crippen molar-refractivity contribution in [3.05, 3.63) is 65.4 Å². The van der Waals surface area contributed by atoms with Gasteiger partial charge < -0.3 is 10.4 Å². The van der Waals surface area contributed by atoms with Crippen LogP contribution in [-0.4, -0.2) is 22.0 Å². The molecule has 2 aromatic rings. The molecule has 0 radical (unpaired) electrons. The standard InChI is InChI=1S/C16H14N2O3/c1-11-3-2-4-12(9-11)5-8-15(19)18-14-7-6-13(10-17-14)16(20)21/h2-10H,1H3,(H,20,21)(H,17,18,19). The summed E-state index contributed by atoms with van der Waals surface area (Å²) >= 11 is 0. The number of amides is 1. The summed E-state index contributed by atoms with van der Waals surface area (Å²) in [5.41, 5.74) is 2.12. The van der Waals surface area contributed by atoms with Crippen LogP contribution in [0.3, 0.4) is 0 Å². The summed E-state index contributed by atoms with van der Waals surface area (Å²) in [7, 11) is 0. The number of hydrogen-bond acceptors (Lipinski definition) is 3. The second kappa shape index (κ2) is 6.47. The van der Waals surface area contributed by atoms with Crippen molar-refractivity contribution in [2.45, 2.75) is 6.92 Å². The van der Waals surface area contributed by atoms with E-state index in [9.17, 15) is 9.59 Å². The summed E-state index contributed by atoms with van der Waals surface area (Å²) in [4.78, 5) is 26.3. The first-order valence-electron chi connectivity index (χ1n) is 6.30. The number of anilines is 1. The molecule has 0 aliphatic carbocycles. The van der Waals surface area contributed by atoms with Crippen molar-refractivity contribution in [3.8, 4) is 0 Å². The highest BCUT2D eigenvalue weighted by Gasteiger charge is 2.04. The van der Waals surface area contributed by atoms with E-state index in [-0.39, 0.29) is 11.5 Å². The fraction of sp³-hybridized carbons (Fsp3) is 0.0625. The summed E-state index contributed by atoms with van der Waals surface area (Å²) in [6.45, 7) is 1.98. The van der Waals surface area contributed by atoms with Crippen LogP contribution >= 0.6 is 0 Å². The van der Waals surface area contributed by atoms with Crippen molar-refractivity contribution in [2.75, 3.05) is 5.32 Å². The lowest BCUT2D eigenvalue weighted by Gasteiger charge is -2.01. The zero-order valence-corrected chi connectivity index (χ0v) is 11.4. The molecule has 0 saturated carbocycles. The average Bonchev–Trinajstić information content (AvgIpc) is 2.46. The summed E-state index contributed by atoms with van der Waals surface area (Å²) < 4.78 is 0. The number of carboxylic acid groups (broad SMARTS) is 1. The highest BCUT2D eigenvalue weighted by atomic mass is 16.4. The van der Waals surface area contributed by atoms with Gasteiger partial charge in [-0.15, -0.1) is 0 Å². The first kappa shape index (κ1) is 14.5. The van der Waals surface area contributed by atoms with Crippen LogP contribution in [0.25, 0.3) is 6.08 Å². The van der Waals surface area contributed by atoms with Crippen LogP contribution < -0.4 is 5.32 Å². The summed E-state index contributed by atoms with van der Waals surface area (Å²) in [5, 5.41) is 11.3. The smallest absolute Gasteiger partial charge is 0.337 e. The molecule has 0 unspecified atom stereocenters. The lowest BCUT2D eigenvalue weighted by molar-refractivity contribution is -0.111. The quantitative estimate of drug-likeness (QED) is 0.845. The Labute approximate surface area is 122 Å². The third-order valence-electron chi connectivity index (χ3n) is 2.73. The molecule has 1 aromatic carbocycles. The van der Waals surface area contributed by atoms with E-state index in [1.165, 1.54) is 24.4 Å². The number of aryl methyl sites for hydroxylation is 1. The second-order valence-corrected chi connectivity index (χ2v) is 4.47. The number of aromatic nitrogens is 1. The molecule has 21 heavy (non-hydrogen) atoms. The van der Waals surface area contributed by atoms with Crippen LogP contribution in [0.5, 0.6) is 0 Å². The number of hydrogen-bond donors (Lipinski definition) is 2. The Morgan fingerprint density at radius 3 is 2.67 bits per heavy atom. The normalized spacial score (nSPS) is 10.5. The number of carbonyl (C=O) groups is 2. The predicted octanol–water partition coefficient (Wildman–Crippen LogP) is 2.74. The molecule has 2 rings (SSSR count). The molecule has 1 heterocycles. The molecule has 0 saturated heterocycles. The van der Waals surface area contributed by atoms with Crippen molar-refractivity contribution in [3.63, 3.8) is 0 Å². The maximum Gasteiger partial charge on any atom is 0.337 e. The summed E-state index contributed by atoms with van der Waals surface area (Å²) in [5.74, 6) is -1.08. The van der Waals surface area contributed by atoms with Crippen LogP contribution in [-0.2, 0) is 4.79 Å². The minimum Gasteiger partial charge on any atom is -0.478 e. The van der Waals surface area contributed by atoms with Crippen molar-refractivity contribution < 1.29 is 14.7 Å². The Kier molecular flexibility index (Phi) is 4.46. The fourth-order valence-electron chi connectivity index (χ4n) is 1.71. The van der Waals surface area contributed by atoms with E-state index >= 15 is 0 Å². The van der Waals surface area contributed by atoms with Crippen molar-refractivity contribution in [2.24, 2.45) is 0 Å². The van der Waals surface area contributed by atoms with E-state index in [1.54, 1.807) is 6.08 Å². The molecule has 5 heteroatoms. The van der Waals surface area contributed by atoms with Crippen molar-refractivity contribution >= 4 is 23.8 Å². The van der Waals surface area contributed by atoms with E-state index in [4.69, 9.17) is 5.11 Å². The molecule has 0 fully saturated rings. The van der Waals surface area contributed by atoms with E-state index in [0.29, 0.717) is 5.82 Å². The number of nitrogens with zero attached hydrogens (tertiary/aromatic N) is 1. The van der Waals surface area contributed by atoms with Gasteiger partial charge in [0.1, 0.15) is 5.82 Å². The van der Waals surface area contributed by atoms with Crippen LogP contribution in [0.15, 0.2) is 48.7 Å². The Bertz CT molecular complexity index is 691. The number of carboxylic acids is 1. The SMILES string of the molecule is Cc1cccc(C=CC(=O)Nc2ccc(C(=O)O)cn2)c1. The summed E-state index contributed by atoms with van der Waals surface area (Å²) in [6, 6.07) is 10.6. The van der Waals surface area contributed by atoms with Crippen LogP contribution in [0.4, 0.5) is 5.82 Å². The van der Waals surface area contributed by atoms with Gasteiger partial charge in [-0.2, -0.15) is 0 Å². The minimum absolute atomic E-state index is 0.0725. The molecule has 0 spiro atoms. The van der Waals surface area contributed by atoms with Crippen LogP contribution in [0.1, 0.15) is 21.5 Å². The maximum atomic E-state index is 11.7. The van der Waals surface area contributed by atoms with Gasteiger partial charge in [0.05, 0.1) is 5.56 Å². The second-order valence-electron chi connectivity index (χ2n) is 4.47.